The van der Waals surface area contributed by atoms with Crippen LogP contribution >= 0.6 is 23.1 Å². The highest BCUT2D eigenvalue weighted by atomic mass is 32.2. The van der Waals surface area contributed by atoms with Gasteiger partial charge in [-0.25, -0.2) is 15.0 Å². The van der Waals surface area contributed by atoms with E-state index < -0.39 is 0 Å². The van der Waals surface area contributed by atoms with Crippen molar-refractivity contribution in [1.29, 1.82) is 0 Å². The molecule has 10 heterocycles. The van der Waals surface area contributed by atoms with E-state index in [0.717, 1.165) is 63.9 Å². The Bertz CT molecular complexity index is 3990. The van der Waals surface area contributed by atoms with E-state index >= 15 is 0 Å². The number of hydrogen-bond donors (Lipinski definition) is 4. The second-order valence-corrected chi connectivity index (χ2v) is 25.9. The number of aromatic amines is 3. The van der Waals surface area contributed by atoms with Crippen molar-refractivity contribution in [1.82, 2.24) is 45.1 Å². The molecule has 0 bridgehead atoms. The van der Waals surface area contributed by atoms with E-state index in [0.29, 0.717) is 0 Å². The number of H-pyrrole nitrogens is 3. The van der Waals surface area contributed by atoms with Crippen LogP contribution in [-0.2, 0) is 57.8 Å². The summed E-state index contributed by atoms with van der Waals surface area (Å²) >= 11 is 3.64. The lowest BCUT2D eigenvalue weighted by Crippen LogP contribution is -1.90. The Balaban J connectivity index is -0.000000143. The number of pyridine rings is 2. The number of anilines is 1. The highest BCUT2D eigenvalue weighted by Crippen LogP contribution is 2.31. The van der Waals surface area contributed by atoms with Gasteiger partial charge in [0.2, 0.25) is 0 Å². The number of imidazole rings is 1. The number of para-hydroxylation sites is 9. The van der Waals surface area contributed by atoms with Crippen molar-refractivity contribution >= 4 is 82.9 Å². The van der Waals surface area contributed by atoms with Crippen LogP contribution in [0.5, 0.6) is 5.75 Å². The molecule has 6 aliphatic rings. The number of aryl methyl sites for hydroxylation is 7. The minimum absolute atomic E-state index is 0.845. The molecule has 16 aromatic rings. The molecular weight excluding hydrogens is 1790 g/mol. The number of aromatic nitrogens is 9. The van der Waals surface area contributed by atoms with E-state index in [1.54, 1.807) is 28.8 Å². The molecule has 4 N–H and O–H groups in total. The van der Waals surface area contributed by atoms with Gasteiger partial charge in [-0.15, -0.1) is 23.1 Å². The average Bonchev–Trinajstić information content (AvgIpc) is 1.86. The van der Waals surface area contributed by atoms with Gasteiger partial charge in [-0.05, 0) is 205 Å². The zero-order valence-corrected chi connectivity index (χ0v) is 101. The van der Waals surface area contributed by atoms with Crippen LogP contribution < -0.4 is 10.1 Å². The van der Waals surface area contributed by atoms with E-state index in [1.165, 1.54) is 148 Å². The molecule has 22 rings (SSSR count). The second kappa shape index (κ2) is 127. The third-order valence-corrected chi connectivity index (χ3v) is 19.2. The van der Waals surface area contributed by atoms with Gasteiger partial charge < -0.3 is 24.4 Å². The molecule has 804 valence electrons. The van der Waals surface area contributed by atoms with Crippen LogP contribution in [0.25, 0.3) is 54.2 Å². The van der Waals surface area contributed by atoms with E-state index in [-0.39, 0.29) is 0 Å². The summed E-state index contributed by atoms with van der Waals surface area (Å²) in [6.07, 6.45) is 27.7. The number of thiazole rings is 1. The summed E-state index contributed by atoms with van der Waals surface area (Å²) in [6, 6.07) is 82.4. The molecule has 0 radical (unpaired) electrons. The predicted molar refractivity (Wildman–Crippen MR) is 660 cm³/mol. The molecular formula is C129H214N10O2S2. The predicted octanol–water partition coefficient (Wildman–Crippen LogP) is 42.9. The number of ether oxygens (including phenoxy) is 1. The molecule has 7 aromatic heterocycles. The van der Waals surface area contributed by atoms with Crippen molar-refractivity contribution in [2.75, 3.05) is 24.2 Å². The van der Waals surface area contributed by atoms with Gasteiger partial charge in [0.1, 0.15) is 11.3 Å². The van der Waals surface area contributed by atoms with E-state index in [4.69, 9.17) is 9.15 Å². The van der Waals surface area contributed by atoms with Gasteiger partial charge in [-0.2, -0.15) is 5.10 Å². The van der Waals surface area contributed by atoms with Crippen molar-refractivity contribution in [2.24, 2.45) is 0 Å². The summed E-state index contributed by atoms with van der Waals surface area (Å²) in [4.78, 5) is 28.1. The molecule has 143 heavy (non-hydrogen) atoms. The lowest BCUT2D eigenvalue weighted by atomic mass is 10.1. The monoisotopic (exact) mass is 2000 g/mol. The van der Waals surface area contributed by atoms with Gasteiger partial charge >= 0.3 is 0 Å². The van der Waals surface area contributed by atoms with Crippen LogP contribution in [0.2, 0.25) is 0 Å². The van der Waals surface area contributed by atoms with Crippen LogP contribution in [0.3, 0.4) is 0 Å². The summed E-state index contributed by atoms with van der Waals surface area (Å²) in [5.41, 5.74) is 23.7. The van der Waals surface area contributed by atoms with Crippen molar-refractivity contribution < 1.29 is 9.15 Å². The maximum atomic E-state index is 5.30. The topological polar surface area (TPSA) is 159 Å². The smallest absolute Gasteiger partial charge is 0.181 e. The summed E-state index contributed by atoms with van der Waals surface area (Å²) in [7, 11) is 0. The summed E-state index contributed by atoms with van der Waals surface area (Å²) in [5, 5.41) is 12.5. The fraction of sp³-hybridized carbons (Fsp3) is 0.457. The number of oxazole rings is 1. The van der Waals surface area contributed by atoms with Crippen LogP contribution in [0, 0.1) is 0 Å². The first kappa shape index (κ1) is 155. The molecule has 0 spiro atoms. The largest absolute Gasteiger partial charge is 0.493 e. The van der Waals surface area contributed by atoms with Crippen molar-refractivity contribution in [3.8, 4) is 5.75 Å². The van der Waals surface area contributed by atoms with Crippen molar-refractivity contribution in [3.05, 3.63) is 342 Å². The summed E-state index contributed by atoms with van der Waals surface area (Å²) in [5.74, 6) is 2.34. The number of rotatable bonds is 0. The Kier molecular flexibility index (Phi) is 138. The van der Waals surface area contributed by atoms with Gasteiger partial charge in [-0.3, -0.25) is 15.1 Å². The SMILES string of the molecule is CC.CC.CC.CC.CC.CC.CC.CC.CC.CC.CC.CC.CC.CC.CC.CC.CC.CC.CC.CC.CC.CC.c1cc2c(cn1)CCC2.c1ccc2[nH]ccc2c1.c1ccc2[nH]cnc2c1.c1ccc2[nH]ncc2c1.c1ccc2c(c1)CCC2.c1ccc2c(c1)CCN2.c1ccc2c(c1)CCO2.c1ccc2c(c1)CCS2.c1ccc2ocnc2c1.c1ccc2scnc2c1.c1cnc2c(c1)CCC2. The van der Waals surface area contributed by atoms with E-state index in [1.807, 2.05) is 480 Å². The van der Waals surface area contributed by atoms with Gasteiger partial charge in [0.15, 0.2) is 12.0 Å². The number of fused-ring (bicyclic) bond motifs is 11. The number of hydrogen-bond acceptors (Lipinski definition) is 11. The number of nitrogens with one attached hydrogen (secondary N) is 4. The van der Waals surface area contributed by atoms with Gasteiger partial charge in [-0.1, -0.05) is 462 Å². The first-order valence-corrected chi connectivity index (χ1v) is 58.0. The van der Waals surface area contributed by atoms with Crippen molar-refractivity contribution in [2.45, 2.75) is 387 Å². The summed E-state index contributed by atoms with van der Waals surface area (Å²) in [6.45, 7) is 90.0. The maximum absolute atomic E-state index is 5.30. The molecule has 0 atom stereocenters. The molecule has 9 aromatic carbocycles. The highest BCUT2D eigenvalue weighted by Gasteiger charge is 2.13. The first-order valence-electron chi connectivity index (χ1n) is 56.1. The van der Waals surface area contributed by atoms with Crippen molar-refractivity contribution in [3.63, 3.8) is 0 Å². The summed E-state index contributed by atoms with van der Waals surface area (Å²) < 4.78 is 11.6. The standard InChI is InChI=1S/C9H10.3C8H9N.C8H7N.C8H8O.C8H8S.2C7H6N2.C7H5NO.C7H5NS.22C2H6/c1-2-5-9-7-3-6-8(9)4-1;1-3-7-4-2-6-9-8(7)5-1;1-2-7-4-5-9-6-8(7)3-1;4*1-2-4-8-7(3-1)5-6-9-8;1-2-4-7-6(3-1)8-5-9-7;1-2-4-7-6(3-1)5-8-9-7;2*1-2-4-7-6(3-1)8-5-9-7;22*1-2/h1-2,4-5H,3,6-7H2;2,4,6H,1,3,5H2;4-6H,1-3H2;1-4,9H,5-6H2;1-6,9H;2*1-4H,5-6H2;2*1-5H,(H,8,9);2*1-5H;22*1-2H3. The van der Waals surface area contributed by atoms with Crippen LogP contribution in [-0.4, -0.2) is 64.0 Å². The Morgan fingerprint density at radius 1 is 0.294 bits per heavy atom. The minimum Gasteiger partial charge on any atom is -0.493 e. The number of benzene rings is 9. The van der Waals surface area contributed by atoms with E-state index in [2.05, 4.69) is 166 Å². The fourth-order valence-corrected chi connectivity index (χ4v) is 13.9. The molecule has 0 unspecified atom stereocenters. The first-order chi connectivity index (χ1) is 71.1. The fourth-order valence-electron chi connectivity index (χ4n) is 12.1. The van der Waals surface area contributed by atoms with Crippen LogP contribution in [0.15, 0.2) is 301 Å². The maximum Gasteiger partial charge on any atom is 0.181 e. The zero-order chi connectivity index (χ0) is 111. The zero-order valence-electron chi connectivity index (χ0n) is 99.6. The molecule has 14 heteroatoms. The molecule has 0 fully saturated rings. The molecule has 12 nitrogen and oxygen atoms in total. The van der Waals surface area contributed by atoms with Gasteiger partial charge in [0, 0.05) is 70.7 Å². The van der Waals surface area contributed by atoms with E-state index in [9.17, 15) is 0 Å². The Morgan fingerprint density at radius 2 is 0.741 bits per heavy atom. The quantitative estimate of drug-likeness (QED) is 0.115. The highest BCUT2D eigenvalue weighted by molar-refractivity contribution is 7.99. The van der Waals surface area contributed by atoms with Gasteiger partial charge in [0.25, 0.3) is 0 Å². The molecule has 0 saturated heterocycles. The molecule has 3 aliphatic heterocycles. The number of nitrogens with zero attached hydrogens (tertiary/aromatic N) is 6. The minimum atomic E-state index is 0.845. The Morgan fingerprint density at radius 3 is 1.27 bits per heavy atom. The Labute approximate surface area is 889 Å². The average molecular weight is 2000 g/mol. The normalized spacial score (nSPS) is 9.90. The number of thioether (sulfide) groups is 1. The molecule has 0 saturated carbocycles. The molecule has 3 aliphatic carbocycles. The van der Waals surface area contributed by atoms with Crippen LogP contribution in [0.4, 0.5) is 5.69 Å². The third kappa shape index (κ3) is 70.4. The third-order valence-electron chi connectivity index (χ3n) is 17.3. The lowest BCUT2D eigenvalue weighted by Gasteiger charge is -1.94. The Hall–Kier alpha value is -10.9. The second-order valence-electron chi connectivity index (χ2n) is 23.9. The van der Waals surface area contributed by atoms with Gasteiger partial charge in [0.05, 0.1) is 51.4 Å². The lowest BCUT2D eigenvalue weighted by molar-refractivity contribution is 0.357. The molecule has 0 amide bonds. The van der Waals surface area contributed by atoms with Crippen LogP contribution in [0.1, 0.15) is 374 Å².